The third-order valence-corrected chi connectivity index (χ3v) is 3.59. The average Bonchev–Trinajstić information content (AvgIpc) is 2.37. The number of halogens is 1. The van der Waals surface area contributed by atoms with E-state index in [1.54, 1.807) is 0 Å². The van der Waals surface area contributed by atoms with Gasteiger partial charge in [0, 0.05) is 5.39 Å². The molecule has 2 nitrogen and oxygen atoms in total. The molecule has 0 aliphatic carbocycles. The number of hydrogen-bond donors (Lipinski definition) is 0. The minimum absolute atomic E-state index is 0.0408. The maximum Gasteiger partial charge on any atom is 0.120 e. The molecule has 0 N–H and O–H groups in total. The second kappa shape index (κ2) is 5.57. The molecule has 0 fully saturated rings. The molecule has 1 heterocycles. The normalized spacial score (nSPS) is 12.9. The van der Waals surface area contributed by atoms with Crippen LogP contribution < -0.4 is 4.74 Å². The lowest BCUT2D eigenvalue weighted by molar-refractivity contribution is 0.340. The predicted octanol–water partition coefficient (Wildman–Crippen LogP) is 4.57. The lowest BCUT2D eigenvalue weighted by Gasteiger charge is -2.13. The molecule has 1 atom stereocenters. The quantitative estimate of drug-likeness (QED) is 0.754. The van der Waals surface area contributed by atoms with Gasteiger partial charge in [0.05, 0.1) is 23.2 Å². The summed E-state index contributed by atoms with van der Waals surface area (Å²) >= 11 is 6.34. The van der Waals surface area contributed by atoms with E-state index in [0.717, 1.165) is 22.3 Å². The van der Waals surface area contributed by atoms with Crippen molar-refractivity contribution in [3.05, 3.63) is 36.0 Å². The summed E-state index contributed by atoms with van der Waals surface area (Å²) in [6.07, 6.45) is 0. The van der Waals surface area contributed by atoms with Crippen molar-refractivity contribution in [2.75, 3.05) is 6.61 Å². The van der Waals surface area contributed by atoms with E-state index in [1.165, 1.54) is 0 Å². The lowest BCUT2D eigenvalue weighted by atomic mass is 10.1. The Balaban J connectivity index is 2.38. The Hall–Kier alpha value is -1.28. The van der Waals surface area contributed by atoms with Crippen molar-refractivity contribution in [2.24, 2.45) is 5.92 Å². The maximum absolute atomic E-state index is 6.34. The minimum Gasteiger partial charge on any atom is -0.494 e. The summed E-state index contributed by atoms with van der Waals surface area (Å²) in [6.45, 7) is 6.85. The largest absolute Gasteiger partial charge is 0.494 e. The number of fused-ring (bicyclic) bond motifs is 1. The van der Waals surface area contributed by atoms with Gasteiger partial charge in [-0.05, 0) is 37.1 Å². The first-order valence-electron chi connectivity index (χ1n) is 6.29. The van der Waals surface area contributed by atoms with Crippen LogP contribution in [-0.2, 0) is 0 Å². The van der Waals surface area contributed by atoms with Crippen LogP contribution in [-0.4, -0.2) is 11.6 Å². The highest BCUT2D eigenvalue weighted by Gasteiger charge is 2.14. The van der Waals surface area contributed by atoms with E-state index in [1.807, 2.05) is 31.2 Å². The van der Waals surface area contributed by atoms with Gasteiger partial charge in [0.2, 0.25) is 0 Å². The van der Waals surface area contributed by atoms with Crippen LogP contribution in [0.15, 0.2) is 30.3 Å². The van der Waals surface area contributed by atoms with Crippen LogP contribution in [0.2, 0.25) is 0 Å². The summed E-state index contributed by atoms with van der Waals surface area (Å²) in [6, 6.07) is 9.98. The van der Waals surface area contributed by atoms with Crippen LogP contribution in [0.1, 0.15) is 31.8 Å². The SMILES string of the molecule is CCOc1ccc2nc(C(Cl)C(C)C)ccc2c1. The van der Waals surface area contributed by atoms with Crippen molar-refractivity contribution < 1.29 is 4.74 Å². The number of pyridine rings is 1. The fourth-order valence-electron chi connectivity index (χ4n) is 1.87. The molecule has 2 rings (SSSR count). The first-order valence-corrected chi connectivity index (χ1v) is 6.73. The number of rotatable bonds is 4. The predicted molar refractivity (Wildman–Crippen MR) is 76.3 cm³/mol. The van der Waals surface area contributed by atoms with E-state index in [4.69, 9.17) is 16.3 Å². The van der Waals surface area contributed by atoms with Crippen molar-refractivity contribution in [2.45, 2.75) is 26.1 Å². The Morgan fingerprint density at radius 3 is 2.67 bits per heavy atom. The van der Waals surface area contributed by atoms with Crippen molar-refractivity contribution >= 4 is 22.5 Å². The van der Waals surface area contributed by atoms with Crippen molar-refractivity contribution in [3.8, 4) is 5.75 Å². The monoisotopic (exact) mass is 263 g/mol. The molecule has 0 saturated heterocycles. The summed E-state index contributed by atoms with van der Waals surface area (Å²) in [5, 5.41) is 1.04. The molecular formula is C15H18ClNO. The number of alkyl halides is 1. The topological polar surface area (TPSA) is 22.1 Å². The first-order chi connectivity index (χ1) is 8.61. The molecule has 0 spiro atoms. The van der Waals surface area contributed by atoms with Gasteiger partial charge in [-0.25, -0.2) is 0 Å². The van der Waals surface area contributed by atoms with Crippen LogP contribution in [0, 0.1) is 5.92 Å². The van der Waals surface area contributed by atoms with Gasteiger partial charge < -0.3 is 4.74 Å². The fraction of sp³-hybridized carbons (Fsp3) is 0.400. The van der Waals surface area contributed by atoms with Gasteiger partial charge in [-0.3, -0.25) is 4.98 Å². The molecule has 0 saturated carbocycles. The van der Waals surface area contributed by atoms with Gasteiger partial charge in [0.25, 0.3) is 0 Å². The third kappa shape index (κ3) is 2.75. The highest BCUT2D eigenvalue weighted by molar-refractivity contribution is 6.20. The van der Waals surface area contributed by atoms with Crippen LogP contribution in [0.25, 0.3) is 10.9 Å². The van der Waals surface area contributed by atoms with E-state index in [-0.39, 0.29) is 5.38 Å². The summed E-state index contributed by atoms with van der Waals surface area (Å²) in [5.41, 5.74) is 1.89. The molecule has 1 aromatic heterocycles. The zero-order valence-corrected chi connectivity index (χ0v) is 11.7. The van der Waals surface area contributed by atoms with Crippen molar-refractivity contribution in [1.29, 1.82) is 0 Å². The van der Waals surface area contributed by atoms with Gasteiger partial charge in [-0.1, -0.05) is 19.9 Å². The maximum atomic E-state index is 6.34. The van der Waals surface area contributed by atoms with E-state index in [2.05, 4.69) is 24.9 Å². The zero-order valence-electron chi connectivity index (χ0n) is 11.0. The summed E-state index contributed by atoms with van der Waals surface area (Å²) in [4.78, 5) is 4.61. The molecule has 18 heavy (non-hydrogen) atoms. The second-order valence-corrected chi connectivity index (χ2v) is 5.14. The molecule has 0 aliphatic rings. The smallest absolute Gasteiger partial charge is 0.120 e. The first kappa shape index (κ1) is 13.2. The number of ether oxygens (including phenoxy) is 1. The average molecular weight is 264 g/mol. The summed E-state index contributed by atoms with van der Waals surface area (Å²) < 4.78 is 5.48. The van der Waals surface area contributed by atoms with E-state index >= 15 is 0 Å². The van der Waals surface area contributed by atoms with Crippen LogP contribution in [0.4, 0.5) is 0 Å². The molecule has 96 valence electrons. The van der Waals surface area contributed by atoms with Gasteiger partial charge in [-0.2, -0.15) is 0 Å². The van der Waals surface area contributed by atoms with Crippen molar-refractivity contribution in [3.63, 3.8) is 0 Å². The Morgan fingerprint density at radius 2 is 2.00 bits per heavy atom. The van der Waals surface area contributed by atoms with Crippen molar-refractivity contribution in [1.82, 2.24) is 4.98 Å². The molecule has 2 aromatic rings. The number of nitrogens with zero attached hydrogens (tertiary/aromatic N) is 1. The van der Waals surface area contributed by atoms with E-state index in [9.17, 15) is 0 Å². The van der Waals surface area contributed by atoms with Gasteiger partial charge in [0.15, 0.2) is 0 Å². The molecular weight excluding hydrogens is 246 g/mol. The van der Waals surface area contributed by atoms with Crippen LogP contribution in [0.5, 0.6) is 5.75 Å². The van der Waals surface area contributed by atoms with Gasteiger partial charge >= 0.3 is 0 Å². The zero-order chi connectivity index (χ0) is 13.1. The number of hydrogen-bond acceptors (Lipinski definition) is 2. The molecule has 0 aliphatic heterocycles. The second-order valence-electron chi connectivity index (χ2n) is 4.67. The summed E-state index contributed by atoms with van der Waals surface area (Å²) in [7, 11) is 0. The Kier molecular flexibility index (Phi) is 4.07. The minimum atomic E-state index is -0.0408. The summed E-state index contributed by atoms with van der Waals surface area (Å²) in [5.74, 6) is 1.25. The van der Waals surface area contributed by atoms with E-state index in [0.29, 0.717) is 12.5 Å². The van der Waals surface area contributed by atoms with Crippen LogP contribution in [0.3, 0.4) is 0 Å². The number of benzene rings is 1. The molecule has 0 radical (unpaired) electrons. The molecule has 1 aromatic carbocycles. The Morgan fingerprint density at radius 1 is 1.22 bits per heavy atom. The lowest BCUT2D eigenvalue weighted by Crippen LogP contribution is -2.02. The van der Waals surface area contributed by atoms with Gasteiger partial charge in [-0.15, -0.1) is 11.6 Å². The standard InChI is InChI=1S/C15H18ClNO/c1-4-18-12-6-8-13-11(9-12)5-7-14(17-13)15(16)10(2)3/h5-10,15H,4H2,1-3H3. The highest BCUT2D eigenvalue weighted by atomic mass is 35.5. The molecule has 0 amide bonds. The molecule has 0 bridgehead atoms. The fourth-order valence-corrected chi connectivity index (χ4v) is 1.99. The molecule has 1 unspecified atom stereocenters. The highest BCUT2D eigenvalue weighted by Crippen LogP contribution is 2.29. The van der Waals surface area contributed by atoms with E-state index < -0.39 is 0 Å². The number of aromatic nitrogens is 1. The van der Waals surface area contributed by atoms with Gasteiger partial charge in [0.1, 0.15) is 5.75 Å². The molecule has 3 heteroatoms. The Bertz CT molecular complexity index is 539. The van der Waals surface area contributed by atoms with Crippen LogP contribution >= 0.6 is 11.6 Å². The third-order valence-electron chi connectivity index (χ3n) is 2.86. The Labute approximate surface area is 113 Å².